The molecular formula is C24H47NO2. The van der Waals surface area contributed by atoms with Gasteiger partial charge in [-0.25, -0.2) is 0 Å². The summed E-state index contributed by atoms with van der Waals surface area (Å²) in [6.45, 7) is 3.87. The molecule has 27 heavy (non-hydrogen) atoms. The highest BCUT2D eigenvalue weighted by atomic mass is 16.5. The largest absolute Gasteiger partial charge is 0.379 e. The fourth-order valence-electron chi connectivity index (χ4n) is 3.95. The molecule has 0 spiro atoms. The van der Waals surface area contributed by atoms with E-state index in [-0.39, 0.29) is 12.2 Å². The van der Waals surface area contributed by atoms with Gasteiger partial charge in [0.25, 0.3) is 0 Å². The molecule has 0 bridgehead atoms. The first-order valence-electron chi connectivity index (χ1n) is 12.1. The van der Waals surface area contributed by atoms with E-state index < -0.39 is 0 Å². The van der Waals surface area contributed by atoms with Gasteiger partial charge < -0.3 is 14.9 Å². The van der Waals surface area contributed by atoms with E-state index >= 15 is 0 Å². The Hall–Kier alpha value is -0.410. The van der Waals surface area contributed by atoms with Crippen LogP contribution in [0.4, 0.5) is 0 Å². The Bertz CT molecular complexity index is 322. The van der Waals surface area contributed by atoms with Crippen molar-refractivity contribution in [3.8, 4) is 0 Å². The molecule has 2 atom stereocenters. The van der Waals surface area contributed by atoms with Crippen LogP contribution in [0.5, 0.6) is 0 Å². The summed E-state index contributed by atoms with van der Waals surface area (Å²) < 4.78 is 11.4. The van der Waals surface area contributed by atoms with Crippen molar-refractivity contribution < 1.29 is 9.47 Å². The molecule has 1 fully saturated rings. The number of ether oxygens (including phenoxy) is 2. The van der Waals surface area contributed by atoms with Gasteiger partial charge in [0, 0.05) is 12.8 Å². The molecule has 0 saturated carbocycles. The van der Waals surface area contributed by atoms with Gasteiger partial charge in [-0.1, -0.05) is 103 Å². The van der Waals surface area contributed by atoms with Gasteiger partial charge in [0.1, 0.15) is 0 Å². The van der Waals surface area contributed by atoms with Crippen LogP contribution in [-0.2, 0) is 9.47 Å². The summed E-state index contributed by atoms with van der Waals surface area (Å²) in [5.41, 5.74) is 0. The van der Waals surface area contributed by atoms with Crippen LogP contribution in [0.3, 0.4) is 0 Å². The van der Waals surface area contributed by atoms with E-state index in [9.17, 15) is 0 Å². The van der Waals surface area contributed by atoms with Crippen molar-refractivity contribution in [3.05, 3.63) is 0 Å². The topological polar surface area (TPSA) is 42.3 Å². The molecule has 1 aliphatic rings. The predicted molar refractivity (Wildman–Crippen MR) is 117 cm³/mol. The van der Waals surface area contributed by atoms with Gasteiger partial charge >= 0.3 is 0 Å². The Labute approximate surface area is 169 Å². The maximum atomic E-state index is 7.21. The second kappa shape index (κ2) is 18.9. The minimum absolute atomic E-state index is 0.0362. The Balaban J connectivity index is 1.67. The third-order valence-corrected chi connectivity index (χ3v) is 5.77. The first-order valence-corrected chi connectivity index (χ1v) is 12.1. The van der Waals surface area contributed by atoms with Gasteiger partial charge in [0.15, 0.2) is 0 Å². The van der Waals surface area contributed by atoms with E-state index in [0.717, 1.165) is 19.4 Å². The summed E-state index contributed by atoms with van der Waals surface area (Å²) in [5.74, 6) is 0. The molecule has 2 unspecified atom stereocenters. The number of hydrogen-bond donors (Lipinski definition) is 1. The predicted octanol–water partition coefficient (Wildman–Crippen LogP) is 7.46. The smallest absolute Gasteiger partial charge is 0.0924 e. The van der Waals surface area contributed by atoms with E-state index in [4.69, 9.17) is 14.9 Å². The molecule has 0 radical (unpaired) electrons. The van der Waals surface area contributed by atoms with E-state index in [1.807, 2.05) is 0 Å². The highest BCUT2D eigenvalue weighted by molar-refractivity contribution is 5.59. The Morgan fingerprint density at radius 3 is 1.67 bits per heavy atom. The molecule has 160 valence electrons. The maximum absolute atomic E-state index is 7.21. The first-order chi connectivity index (χ1) is 13.4. The zero-order chi connectivity index (χ0) is 19.4. The molecule has 0 aromatic rings. The van der Waals surface area contributed by atoms with Crippen LogP contribution in [0, 0.1) is 5.41 Å². The zero-order valence-corrected chi connectivity index (χ0v) is 18.2. The first kappa shape index (κ1) is 24.6. The number of nitrogens with one attached hydrogen (secondary N) is 1. The van der Waals surface area contributed by atoms with Crippen molar-refractivity contribution in [1.82, 2.24) is 0 Å². The highest BCUT2D eigenvalue weighted by Gasteiger charge is 2.23. The van der Waals surface area contributed by atoms with Gasteiger partial charge in [-0.15, -0.1) is 0 Å². The van der Waals surface area contributed by atoms with Crippen molar-refractivity contribution in [2.45, 2.75) is 135 Å². The fourth-order valence-corrected chi connectivity index (χ4v) is 3.95. The number of unbranched alkanes of at least 4 members (excludes halogenated alkanes) is 15. The Morgan fingerprint density at radius 2 is 1.22 bits per heavy atom. The van der Waals surface area contributed by atoms with Gasteiger partial charge in [0.05, 0.1) is 18.8 Å². The standard InChI is InChI=1S/C24H47NO2/c1-2-3-4-5-6-7-8-9-10-11-12-13-14-15-16-17-20-26-22-24-19-18-23(21-25)27-24/h21,23-25H,2-20,22H2,1H3. The van der Waals surface area contributed by atoms with Gasteiger partial charge in [-0.05, 0) is 19.3 Å². The monoisotopic (exact) mass is 381 g/mol. The van der Waals surface area contributed by atoms with Crippen LogP contribution in [0.25, 0.3) is 0 Å². The molecular weight excluding hydrogens is 334 g/mol. The minimum Gasteiger partial charge on any atom is -0.379 e. The van der Waals surface area contributed by atoms with E-state index in [0.29, 0.717) is 6.61 Å². The lowest BCUT2D eigenvalue weighted by Gasteiger charge is -2.11. The second-order valence-corrected chi connectivity index (χ2v) is 8.42. The lowest BCUT2D eigenvalue weighted by Crippen LogP contribution is -2.17. The third-order valence-electron chi connectivity index (χ3n) is 5.77. The molecule has 1 saturated heterocycles. The van der Waals surface area contributed by atoms with Crippen molar-refractivity contribution in [2.75, 3.05) is 13.2 Å². The molecule has 1 rings (SSSR count). The van der Waals surface area contributed by atoms with Gasteiger partial charge in [-0.3, -0.25) is 0 Å². The third kappa shape index (κ3) is 15.2. The van der Waals surface area contributed by atoms with Crippen molar-refractivity contribution in [2.24, 2.45) is 0 Å². The SMILES string of the molecule is CCCCCCCCCCCCCCCCCCOCC1CCC(C=N)O1. The molecule has 3 nitrogen and oxygen atoms in total. The molecule has 0 amide bonds. The number of rotatable bonds is 20. The molecule has 0 aromatic heterocycles. The van der Waals surface area contributed by atoms with E-state index in [1.54, 1.807) is 0 Å². The van der Waals surface area contributed by atoms with Crippen LogP contribution in [0.1, 0.15) is 122 Å². The summed E-state index contributed by atoms with van der Waals surface area (Å²) in [5, 5.41) is 7.21. The fraction of sp³-hybridized carbons (Fsp3) is 0.958. The van der Waals surface area contributed by atoms with Crippen LogP contribution in [-0.4, -0.2) is 31.6 Å². The molecule has 0 aromatic carbocycles. The van der Waals surface area contributed by atoms with E-state index in [1.165, 1.54) is 109 Å². The second-order valence-electron chi connectivity index (χ2n) is 8.42. The molecule has 1 aliphatic heterocycles. The number of hydrogen-bond acceptors (Lipinski definition) is 3. The minimum atomic E-state index is 0.0362. The molecule has 1 N–H and O–H groups in total. The van der Waals surface area contributed by atoms with Crippen LogP contribution in [0.15, 0.2) is 0 Å². The highest BCUT2D eigenvalue weighted by Crippen LogP contribution is 2.18. The Kier molecular flexibility index (Phi) is 17.3. The molecule has 1 heterocycles. The van der Waals surface area contributed by atoms with Crippen molar-refractivity contribution in [1.29, 1.82) is 5.41 Å². The van der Waals surface area contributed by atoms with Crippen LogP contribution in [0.2, 0.25) is 0 Å². The van der Waals surface area contributed by atoms with Gasteiger partial charge in [-0.2, -0.15) is 0 Å². The average Bonchev–Trinajstić information content (AvgIpc) is 3.15. The summed E-state index contributed by atoms with van der Waals surface area (Å²) in [6.07, 6.45) is 26.2. The van der Waals surface area contributed by atoms with Crippen molar-refractivity contribution >= 4 is 6.21 Å². The molecule has 0 aliphatic carbocycles. The van der Waals surface area contributed by atoms with Crippen molar-refractivity contribution in [3.63, 3.8) is 0 Å². The summed E-state index contributed by atoms with van der Waals surface area (Å²) >= 11 is 0. The zero-order valence-electron chi connectivity index (χ0n) is 18.2. The van der Waals surface area contributed by atoms with E-state index in [2.05, 4.69) is 6.92 Å². The Morgan fingerprint density at radius 1 is 0.741 bits per heavy atom. The normalized spacial score (nSPS) is 19.6. The lowest BCUT2D eigenvalue weighted by molar-refractivity contribution is 0.00357. The molecule has 3 heteroatoms. The lowest BCUT2D eigenvalue weighted by atomic mass is 10.0. The quantitative estimate of drug-likeness (QED) is 0.176. The average molecular weight is 382 g/mol. The summed E-state index contributed by atoms with van der Waals surface area (Å²) in [7, 11) is 0. The van der Waals surface area contributed by atoms with Crippen LogP contribution < -0.4 is 0 Å². The van der Waals surface area contributed by atoms with Crippen LogP contribution >= 0.6 is 0 Å². The maximum Gasteiger partial charge on any atom is 0.0924 e. The van der Waals surface area contributed by atoms with Gasteiger partial charge in [0.2, 0.25) is 0 Å². The summed E-state index contributed by atoms with van der Waals surface area (Å²) in [4.78, 5) is 0. The summed E-state index contributed by atoms with van der Waals surface area (Å²) in [6, 6.07) is 0.